The van der Waals surface area contributed by atoms with Gasteiger partial charge in [-0.1, -0.05) is 19.1 Å². The van der Waals surface area contributed by atoms with E-state index in [0.717, 1.165) is 5.01 Å². The van der Waals surface area contributed by atoms with E-state index in [9.17, 15) is 24.3 Å². The maximum absolute atomic E-state index is 14.1. The first-order valence-corrected chi connectivity index (χ1v) is 21.7. The Hall–Kier alpha value is -3.55. The number of carbonyl (C=O) groups excluding carboxylic acids is 4. The number of fused-ring (bicyclic) bond motifs is 1. The van der Waals surface area contributed by atoms with Crippen molar-refractivity contribution in [2.24, 2.45) is 11.8 Å². The number of aliphatic hydroxyl groups excluding tert-OH is 1. The fourth-order valence-corrected chi connectivity index (χ4v) is 9.71. The van der Waals surface area contributed by atoms with E-state index in [1.54, 1.807) is 27.6 Å². The summed E-state index contributed by atoms with van der Waals surface area (Å²) in [6.45, 7) is 15.3. The highest BCUT2D eigenvalue weighted by atomic mass is 32.1. The van der Waals surface area contributed by atoms with Crippen molar-refractivity contribution in [1.29, 1.82) is 0 Å². The summed E-state index contributed by atoms with van der Waals surface area (Å²) in [5, 5.41) is 22.5. The summed E-state index contributed by atoms with van der Waals surface area (Å²) in [6.07, 6.45) is 0.943. The second-order valence-electron chi connectivity index (χ2n) is 17.3. The van der Waals surface area contributed by atoms with Crippen LogP contribution in [0.1, 0.15) is 93.9 Å². The van der Waals surface area contributed by atoms with E-state index in [1.807, 2.05) is 65.2 Å². The van der Waals surface area contributed by atoms with Crippen molar-refractivity contribution >= 4 is 35.1 Å². The molecule has 0 aromatic carbocycles. The SMILES string of the molecule is CC[C@H]1OC(=O)[C@H](C)C(=O)C[C@@H](O[C@@H]2OC(C)CC(N(C)C)C2O)[C@@](C)(OC)C[C@@H](C)CN(C(C)=O)[C@H](C)[C@H]2N(CCCCn3cc(-c4nccs4)nn3)C(=O)O[C@]12C. The van der Waals surface area contributed by atoms with E-state index in [2.05, 4.69) is 15.3 Å². The quantitative estimate of drug-likeness (QED) is 0.193. The Bertz CT molecular complexity index is 1750. The van der Waals surface area contributed by atoms with Gasteiger partial charge in [0.15, 0.2) is 11.9 Å². The van der Waals surface area contributed by atoms with Crippen molar-refractivity contribution in [3.63, 3.8) is 0 Å². The Morgan fingerprint density at radius 2 is 1.83 bits per heavy atom. The minimum absolute atomic E-state index is 0.208. The van der Waals surface area contributed by atoms with Gasteiger partial charge in [0.1, 0.15) is 34.6 Å². The Balaban J connectivity index is 1.44. The molecule has 0 bridgehead atoms. The highest BCUT2D eigenvalue weighted by Crippen LogP contribution is 2.41. The number of hydrogen-bond acceptors (Lipinski definition) is 15. The first-order valence-electron chi connectivity index (χ1n) is 20.8. The first-order chi connectivity index (χ1) is 27.8. The van der Waals surface area contributed by atoms with Gasteiger partial charge in [-0.25, -0.2) is 9.78 Å². The third kappa shape index (κ3) is 10.3. The molecule has 3 fully saturated rings. The van der Waals surface area contributed by atoms with Crippen molar-refractivity contribution < 1.29 is 48.0 Å². The van der Waals surface area contributed by atoms with Gasteiger partial charge < -0.3 is 38.6 Å². The molecule has 3 aliphatic heterocycles. The molecular weight excluding hydrogens is 783 g/mol. The molecule has 5 heterocycles. The molecule has 0 spiro atoms. The maximum Gasteiger partial charge on any atom is 0.410 e. The van der Waals surface area contributed by atoms with E-state index in [4.69, 9.17) is 23.7 Å². The number of aromatic nitrogens is 4. The van der Waals surface area contributed by atoms with Gasteiger partial charge in [-0.15, -0.1) is 16.4 Å². The van der Waals surface area contributed by atoms with Crippen LogP contribution in [0.5, 0.6) is 0 Å². The van der Waals surface area contributed by atoms with Crippen LogP contribution in [0.2, 0.25) is 0 Å². The van der Waals surface area contributed by atoms with Gasteiger partial charge in [0, 0.05) is 57.7 Å². The molecule has 59 heavy (non-hydrogen) atoms. The summed E-state index contributed by atoms with van der Waals surface area (Å²) in [5.41, 5.74) is -1.82. The molecule has 2 aromatic rings. The molecule has 0 aliphatic carbocycles. The number of ketones is 1. The Morgan fingerprint density at radius 1 is 1.12 bits per heavy atom. The molecular formula is C41H65N7O10S. The molecule has 2 amide bonds. The lowest BCUT2D eigenvalue weighted by Crippen LogP contribution is -2.62. The number of methoxy groups -OCH3 is 1. The third-order valence-corrected chi connectivity index (χ3v) is 13.3. The van der Waals surface area contributed by atoms with Crippen LogP contribution in [0.4, 0.5) is 4.79 Å². The van der Waals surface area contributed by atoms with Crippen LogP contribution < -0.4 is 0 Å². The summed E-state index contributed by atoms with van der Waals surface area (Å²) < 4.78 is 33.0. The van der Waals surface area contributed by atoms with Crippen LogP contribution in [0.15, 0.2) is 17.8 Å². The highest BCUT2D eigenvalue weighted by Gasteiger charge is 2.59. The zero-order chi connectivity index (χ0) is 43.4. The molecule has 18 heteroatoms. The molecule has 330 valence electrons. The van der Waals surface area contributed by atoms with Crippen molar-refractivity contribution in [3.8, 4) is 10.7 Å². The van der Waals surface area contributed by atoms with E-state index in [0.29, 0.717) is 44.5 Å². The zero-order valence-electron chi connectivity index (χ0n) is 36.5. The third-order valence-electron chi connectivity index (χ3n) is 12.5. The molecule has 12 atom stereocenters. The summed E-state index contributed by atoms with van der Waals surface area (Å²) in [4.78, 5) is 65.3. The number of Topliss-reactive ketones (excluding diaryl/α,β-unsaturated/α-hetero) is 1. The van der Waals surface area contributed by atoms with Gasteiger partial charge in [0.05, 0.1) is 36.1 Å². The highest BCUT2D eigenvalue weighted by molar-refractivity contribution is 7.13. The number of hydrogen-bond donors (Lipinski definition) is 1. The van der Waals surface area contributed by atoms with E-state index in [1.165, 1.54) is 32.3 Å². The van der Waals surface area contributed by atoms with Crippen molar-refractivity contribution in [2.75, 3.05) is 34.3 Å². The molecule has 0 saturated carbocycles. The van der Waals surface area contributed by atoms with Crippen molar-refractivity contribution in [2.45, 2.75) is 160 Å². The lowest BCUT2D eigenvalue weighted by atomic mass is 9.82. The molecule has 3 aliphatic rings. The van der Waals surface area contributed by atoms with E-state index >= 15 is 0 Å². The molecule has 5 rings (SSSR count). The fourth-order valence-electron chi connectivity index (χ4n) is 9.12. The van der Waals surface area contributed by atoms with Crippen molar-refractivity contribution in [3.05, 3.63) is 17.8 Å². The van der Waals surface area contributed by atoms with Crippen molar-refractivity contribution in [1.82, 2.24) is 34.7 Å². The Labute approximate surface area is 352 Å². The zero-order valence-corrected chi connectivity index (χ0v) is 37.3. The monoisotopic (exact) mass is 847 g/mol. The second-order valence-corrected chi connectivity index (χ2v) is 18.2. The largest absolute Gasteiger partial charge is 0.458 e. The number of nitrogens with zero attached hydrogens (tertiary/aromatic N) is 7. The smallest absolute Gasteiger partial charge is 0.410 e. The van der Waals surface area contributed by atoms with Crippen LogP contribution in [0, 0.1) is 11.8 Å². The van der Waals surface area contributed by atoms with Gasteiger partial charge >= 0.3 is 12.1 Å². The number of amides is 2. The van der Waals surface area contributed by atoms with E-state index < -0.39 is 71.7 Å². The molecule has 3 unspecified atom stereocenters. The fraction of sp³-hybridized carbons (Fsp3) is 0.780. The van der Waals surface area contributed by atoms with Gasteiger partial charge in [-0.05, 0) is 86.7 Å². The minimum atomic E-state index is -1.38. The normalized spacial score (nSPS) is 35.2. The predicted molar refractivity (Wildman–Crippen MR) is 218 cm³/mol. The topological polar surface area (TPSA) is 188 Å². The van der Waals surface area contributed by atoms with E-state index in [-0.39, 0.29) is 43.4 Å². The Morgan fingerprint density at radius 3 is 2.46 bits per heavy atom. The predicted octanol–water partition coefficient (Wildman–Crippen LogP) is 4.17. The molecule has 1 N–H and O–H groups in total. The number of aliphatic hydroxyl groups is 1. The first kappa shape index (κ1) is 46.5. The summed E-state index contributed by atoms with van der Waals surface area (Å²) in [5.74, 6) is -2.84. The number of thiazole rings is 1. The molecule has 2 aromatic heterocycles. The van der Waals surface area contributed by atoms with Crippen LogP contribution >= 0.6 is 11.3 Å². The van der Waals surface area contributed by atoms with Crippen LogP contribution in [-0.4, -0.2) is 158 Å². The number of unbranched alkanes of at least 4 members (excludes halogenated alkanes) is 1. The number of likely N-dealkylation sites (N-methyl/N-ethyl adjacent to an activating group) is 1. The average molecular weight is 848 g/mol. The van der Waals surface area contributed by atoms with Gasteiger partial charge in [0.2, 0.25) is 5.91 Å². The molecule has 17 nitrogen and oxygen atoms in total. The summed E-state index contributed by atoms with van der Waals surface area (Å²) >= 11 is 1.48. The lowest BCUT2D eigenvalue weighted by Gasteiger charge is -2.46. The average Bonchev–Trinajstić information content (AvgIpc) is 3.94. The number of aryl methyl sites for hydroxylation is 1. The number of rotatable bonds is 11. The number of carbonyl (C=O) groups is 4. The maximum atomic E-state index is 14.1. The number of esters is 1. The minimum Gasteiger partial charge on any atom is -0.458 e. The van der Waals surface area contributed by atoms with Gasteiger partial charge in [0.25, 0.3) is 0 Å². The summed E-state index contributed by atoms with van der Waals surface area (Å²) in [6, 6.07) is -1.56. The van der Waals surface area contributed by atoms with Gasteiger partial charge in [-0.2, -0.15) is 0 Å². The number of ether oxygens (including phenoxy) is 5. The van der Waals surface area contributed by atoms with Gasteiger partial charge in [-0.3, -0.25) is 24.0 Å². The standard InChI is InChI=1S/C41H65N7O10S/c1-12-32-41(8)35(47(39(53)58-41)17-14-13-16-46-23-29(43-44-46)36-42-15-18-59-36)27(5)48(28(6)49)22-24(2)21-40(7,54-11)33(20-31(50)26(4)37(52)56-32)57-38-34(51)30(45(9)10)19-25(3)55-38/h15,18,23-27,30,32-35,38,51H,12-14,16-17,19-22H2,1-11H3/t24-,25?,26-,27-,30?,32-,33-,34?,35-,38+,40+,41-/m1/s1. The van der Waals surface area contributed by atoms with Crippen LogP contribution in [-0.2, 0) is 44.6 Å². The Kier molecular flexibility index (Phi) is 15.3. The van der Waals surface area contributed by atoms with Crippen LogP contribution in [0.3, 0.4) is 0 Å². The van der Waals surface area contributed by atoms with Crippen LogP contribution in [0.25, 0.3) is 10.7 Å². The lowest BCUT2D eigenvalue weighted by molar-refractivity contribution is -0.289. The number of cyclic esters (lactones) is 1. The second kappa shape index (κ2) is 19.4. The molecule has 3 saturated heterocycles. The molecule has 0 radical (unpaired) electrons. The summed E-state index contributed by atoms with van der Waals surface area (Å²) in [7, 11) is 5.30.